The molecule has 0 unspecified atom stereocenters. The van der Waals surface area contributed by atoms with Gasteiger partial charge in [-0.25, -0.2) is 0 Å². The molecule has 258 valence electrons. The smallest absolute Gasteiger partial charge is 0.160 e. The van der Waals surface area contributed by atoms with Gasteiger partial charge in [-0.15, -0.1) is 0 Å². The number of furan rings is 1. The van der Waals surface area contributed by atoms with Gasteiger partial charge in [0, 0.05) is 27.2 Å². The van der Waals surface area contributed by atoms with Crippen LogP contribution in [0, 0.1) is 0 Å². The molecule has 0 fully saturated rings. The first-order valence-corrected chi connectivity index (χ1v) is 19.3. The zero-order valence-electron chi connectivity index (χ0n) is 30.3. The van der Waals surface area contributed by atoms with Crippen molar-refractivity contribution in [2.75, 3.05) is 0 Å². The van der Waals surface area contributed by atoms with Crippen molar-refractivity contribution in [3.8, 4) is 16.8 Å². The Morgan fingerprint density at radius 3 is 1.39 bits per heavy atom. The maximum atomic E-state index is 6.65. The van der Waals surface area contributed by atoms with Crippen LogP contribution < -0.4 is 0 Å². The van der Waals surface area contributed by atoms with Crippen LogP contribution in [-0.4, -0.2) is 4.57 Å². The van der Waals surface area contributed by atoms with Crippen LogP contribution in [0.4, 0.5) is 0 Å². The third-order valence-electron chi connectivity index (χ3n) is 12.3. The van der Waals surface area contributed by atoms with Gasteiger partial charge in [-0.1, -0.05) is 140 Å². The van der Waals surface area contributed by atoms with Gasteiger partial charge in [-0.05, 0) is 124 Å². The van der Waals surface area contributed by atoms with Crippen LogP contribution in [-0.2, 0) is 0 Å². The van der Waals surface area contributed by atoms with Gasteiger partial charge >= 0.3 is 0 Å². The van der Waals surface area contributed by atoms with Crippen molar-refractivity contribution < 1.29 is 4.42 Å². The highest BCUT2D eigenvalue weighted by atomic mass is 16.3. The highest BCUT2D eigenvalue weighted by molar-refractivity contribution is 6.33. The Hall–Kier alpha value is -7.42. The van der Waals surface area contributed by atoms with Gasteiger partial charge in [0.15, 0.2) is 5.58 Å². The number of para-hydroxylation sites is 2. The molecule has 0 aliphatic carbocycles. The second-order valence-corrected chi connectivity index (χ2v) is 15.2. The fourth-order valence-electron chi connectivity index (χ4n) is 9.85. The topological polar surface area (TPSA) is 18.1 Å². The molecule has 56 heavy (non-hydrogen) atoms. The highest BCUT2D eigenvalue weighted by Gasteiger charge is 2.20. The number of hydrogen-bond acceptors (Lipinski definition) is 1. The summed E-state index contributed by atoms with van der Waals surface area (Å²) in [4.78, 5) is 0. The van der Waals surface area contributed by atoms with E-state index in [0.717, 1.165) is 38.7 Å². The first-order valence-electron chi connectivity index (χ1n) is 19.3. The molecular formula is C54H31NO. The van der Waals surface area contributed by atoms with E-state index in [9.17, 15) is 0 Å². The van der Waals surface area contributed by atoms with E-state index >= 15 is 0 Å². The predicted octanol–water partition coefficient (Wildman–Crippen LogP) is 15.3. The van der Waals surface area contributed by atoms with Crippen LogP contribution in [0.1, 0.15) is 0 Å². The van der Waals surface area contributed by atoms with Crippen molar-refractivity contribution in [2.24, 2.45) is 0 Å². The summed E-state index contributed by atoms with van der Waals surface area (Å²) in [6, 6.07) is 69.1. The molecule has 0 bridgehead atoms. The fraction of sp³-hybridized carbons (Fsp3) is 0. The lowest BCUT2D eigenvalue weighted by atomic mass is 9.88. The fourth-order valence-corrected chi connectivity index (χ4v) is 9.85. The molecule has 13 rings (SSSR count). The van der Waals surface area contributed by atoms with E-state index in [-0.39, 0.29) is 0 Å². The molecule has 0 amide bonds. The van der Waals surface area contributed by atoms with E-state index in [1.165, 1.54) is 86.5 Å². The number of rotatable bonds is 2. The molecule has 13 aromatic rings. The summed E-state index contributed by atoms with van der Waals surface area (Å²) in [7, 11) is 0. The minimum absolute atomic E-state index is 0.908. The van der Waals surface area contributed by atoms with Gasteiger partial charge in [0.05, 0.1) is 11.0 Å². The Morgan fingerprint density at radius 2 is 0.750 bits per heavy atom. The van der Waals surface area contributed by atoms with Crippen LogP contribution in [0.15, 0.2) is 192 Å². The monoisotopic (exact) mass is 709 g/mol. The Labute approximate surface area is 321 Å². The molecule has 2 aromatic heterocycles. The lowest BCUT2D eigenvalue weighted by molar-refractivity contribution is 0.671. The number of nitrogens with zero attached hydrogens (tertiary/aromatic N) is 1. The molecule has 2 heterocycles. The van der Waals surface area contributed by atoms with Gasteiger partial charge < -0.3 is 8.98 Å². The van der Waals surface area contributed by atoms with Crippen LogP contribution in [0.3, 0.4) is 0 Å². The molecule has 0 radical (unpaired) electrons. The minimum atomic E-state index is 0.908. The van der Waals surface area contributed by atoms with E-state index in [2.05, 4.69) is 187 Å². The van der Waals surface area contributed by atoms with E-state index in [4.69, 9.17) is 4.42 Å². The first kappa shape index (κ1) is 30.0. The molecule has 0 aliphatic heterocycles. The van der Waals surface area contributed by atoms with Crippen molar-refractivity contribution in [3.63, 3.8) is 0 Å². The van der Waals surface area contributed by atoms with E-state index in [0.29, 0.717) is 0 Å². The predicted molar refractivity (Wildman–Crippen MR) is 239 cm³/mol. The van der Waals surface area contributed by atoms with E-state index in [1.54, 1.807) is 0 Å². The van der Waals surface area contributed by atoms with Crippen molar-refractivity contribution in [2.45, 2.75) is 0 Å². The third kappa shape index (κ3) is 4.00. The summed E-state index contributed by atoms with van der Waals surface area (Å²) in [6.45, 7) is 0. The molecule has 0 aliphatic rings. The molecule has 11 aromatic carbocycles. The lowest BCUT2D eigenvalue weighted by Crippen LogP contribution is -1.94. The van der Waals surface area contributed by atoms with Crippen LogP contribution in [0.2, 0.25) is 0 Å². The zero-order valence-corrected chi connectivity index (χ0v) is 30.3. The largest absolute Gasteiger partial charge is 0.454 e. The SMILES string of the molecule is c1cc(-c2ccc3c(c2)c2ccccc2c2cc4c5ccccc5c5ccccc5c4cc32)cc(-n2c3ccccc3c3ccc4c5ccccc5oc4c32)c1. The van der Waals surface area contributed by atoms with Crippen molar-refractivity contribution in [1.29, 1.82) is 0 Å². The molecule has 0 N–H and O–H groups in total. The van der Waals surface area contributed by atoms with Crippen molar-refractivity contribution in [3.05, 3.63) is 188 Å². The zero-order chi connectivity index (χ0) is 36.5. The maximum Gasteiger partial charge on any atom is 0.160 e. The average molecular weight is 710 g/mol. The Morgan fingerprint density at radius 1 is 0.286 bits per heavy atom. The van der Waals surface area contributed by atoms with Crippen molar-refractivity contribution in [1.82, 2.24) is 4.57 Å². The maximum absolute atomic E-state index is 6.65. The molecular weight excluding hydrogens is 679 g/mol. The van der Waals surface area contributed by atoms with Gasteiger partial charge in [0.1, 0.15) is 5.58 Å². The van der Waals surface area contributed by atoms with Gasteiger partial charge in [0.25, 0.3) is 0 Å². The molecule has 0 atom stereocenters. The van der Waals surface area contributed by atoms with Gasteiger partial charge in [-0.2, -0.15) is 0 Å². The minimum Gasteiger partial charge on any atom is -0.454 e. The highest BCUT2D eigenvalue weighted by Crippen LogP contribution is 2.44. The molecule has 0 saturated heterocycles. The van der Waals surface area contributed by atoms with Crippen LogP contribution >= 0.6 is 0 Å². The standard InChI is InChI=1S/C54H31NO/c1-3-16-37-35(14-1)36-15-2-4-17-38(36)48-31-50-41-25-24-33(29-46(41)39-18-5-6-19-40(39)49(50)30-47(37)48)32-12-11-13-34(28-32)55-51-22-9-7-20-42(51)44-26-27-45-43-21-8-10-23-52(43)56-54(45)53(44)55/h1-31H. The summed E-state index contributed by atoms with van der Waals surface area (Å²) < 4.78 is 9.04. The quantitative estimate of drug-likeness (QED) is 0.129. The number of fused-ring (bicyclic) bond motifs is 19. The molecule has 0 saturated carbocycles. The summed E-state index contributed by atoms with van der Waals surface area (Å²) in [5.74, 6) is 0. The molecule has 2 heteroatoms. The van der Waals surface area contributed by atoms with E-state index < -0.39 is 0 Å². The van der Waals surface area contributed by atoms with Gasteiger partial charge in [0.2, 0.25) is 0 Å². The summed E-state index contributed by atoms with van der Waals surface area (Å²) in [5, 5.41) is 20.1. The second-order valence-electron chi connectivity index (χ2n) is 15.2. The Bertz CT molecular complexity index is 3820. The second kappa shape index (κ2) is 11.1. The van der Waals surface area contributed by atoms with Crippen LogP contribution in [0.25, 0.3) is 125 Å². The number of benzene rings is 11. The molecule has 2 nitrogen and oxygen atoms in total. The third-order valence-corrected chi connectivity index (χ3v) is 12.3. The van der Waals surface area contributed by atoms with Gasteiger partial charge in [-0.3, -0.25) is 0 Å². The normalized spacial score (nSPS) is 12.3. The Kier molecular flexibility index (Phi) is 5.92. The number of aromatic nitrogens is 1. The van der Waals surface area contributed by atoms with Crippen LogP contribution in [0.5, 0.6) is 0 Å². The summed E-state index contributed by atoms with van der Waals surface area (Å²) in [6.07, 6.45) is 0. The average Bonchev–Trinajstić information content (AvgIpc) is 3.82. The van der Waals surface area contributed by atoms with E-state index in [1.807, 2.05) is 6.07 Å². The lowest BCUT2D eigenvalue weighted by Gasteiger charge is -2.16. The van der Waals surface area contributed by atoms with Crippen molar-refractivity contribution >= 4 is 108 Å². The first-order chi connectivity index (χ1) is 27.8. The summed E-state index contributed by atoms with van der Waals surface area (Å²) in [5.41, 5.74) is 7.56. The summed E-state index contributed by atoms with van der Waals surface area (Å²) >= 11 is 0. The molecule has 0 spiro atoms. The number of hydrogen-bond donors (Lipinski definition) is 0. The Balaban J connectivity index is 1.06.